The largest absolute Gasteiger partial charge is 0.417 e. The van der Waals surface area contributed by atoms with Gasteiger partial charge in [0.2, 0.25) is 15.9 Å². The maximum absolute atomic E-state index is 12.9. The molecule has 0 atom stereocenters. The Balaban J connectivity index is 1.89. The number of piperazine rings is 1. The van der Waals surface area contributed by atoms with Gasteiger partial charge in [0.25, 0.3) is 0 Å². The number of rotatable bonds is 7. The quantitative estimate of drug-likeness (QED) is 0.686. The third-order valence-electron chi connectivity index (χ3n) is 4.53. The molecule has 0 unspecified atom stereocenters. The SMILES string of the molecule is CC(C)CN1CCN(C(=O)CCNS(=O)(=O)c2ccc(Cl)c(C(F)(F)F)c2)CC1. The normalized spacial score (nSPS) is 16.4. The number of hydrogen-bond acceptors (Lipinski definition) is 4. The van der Waals surface area contributed by atoms with E-state index >= 15 is 0 Å². The molecule has 0 saturated carbocycles. The molecule has 1 aromatic carbocycles. The molecule has 0 aliphatic carbocycles. The Hall–Kier alpha value is -1.36. The van der Waals surface area contributed by atoms with Gasteiger partial charge in [0, 0.05) is 45.7 Å². The number of hydrogen-bond donors (Lipinski definition) is 1. The number of halogens is 4. The van der Waals surface area contributed by atoms with E-state index in [0.717, 1.165) is 31.8 Å². The number of amides is 1. The molecule has 29 heavy (non-hydrogen) atoms. The van der Waals surface area contributed by atoms with Gasteiger partial charge in [-0.05, 0) is 24.1 Å². The van der Waals surface area contributed by atoms with Crippen molar-refractivity contribution in [1.29, 1.82) is 0 Å². The van der Waals surface area contributed by atoms with E-state index in [0.29, 0.717) is 25.1 Å². The van der Waals surface area contributed by atoms with Gasteiger partial charge in [-0.25, -0.2) is 13.1 Å². The van der Waals surface area contributed by atoms with Crippen LogP contribution in [-0.2, 0) is 21.0 Å². The van der Waals surface area contributed by atoms with Crippen LogP contribution in [0.5, 0.6) is 0 Å². The van der Waals surface area contributed by atoms with Crippen molar-refractivity contribution in [1.82, 2.24) is 14.5 Å². The number of alkyl halides is 3. The fourth-order valence-corrected chi connectivity index (χ4v) is 4.40. The first kappa shape index (κ1) is 23.9. The van der Waals surface area contributed by atoms with Gasteiger partial charge in [0.05, 0.1) is 15.5 Å². The molecule has 1 aliphatic heterocycles. The number of benzene rings is 1. The predicted octanol–water partition coefficient (Wildman–Crippen LogP) is 2.83. The van der Waals surface area contributed by atoms with Crippen LogP contribution in [0.2, 0.25) is 5.02 Å². The van der Waals surface area contributed by atoms with Gasteiger partial charge < -0.3 is 4.90 Å². The lowest BCUT2D eigenvalue weighted by molar-refractivity contribution is -0.137. The highest BCUT2D eigenvalue weighted by Crippen LogP contribution is 2.35. The maximum atomic E-state index is 12.9. The summed E-state index contributed by atoms with van der Waals surface area (Å²) in [6.45, 7) is 7.69. The molecule has 1 heterocycles. The van der Waals surface area contributed by atoms with Crippen molar-refractivity contribution in [3.8, 4) is 0 Å². The number of carbonyl (C=O) groups excluding carboxylic acids is 1. The standard InChI is InChI=1S/C18H25ClF3N3O3S/c1-13(2)12-24-7-9-25(10-8-24)17(26)5-6-23-29(27,28)14-3-4-16(19)15(11-14)18(20,21)22/h3-4,11,13,23H,5-10,12H2,1-2H3. The highest BCUT2D eigenvalue weighted by atomic mass is 35.5. The third-order valence-corrected chi connectivity index (χ3v) is 6.32. The number of carbonyl (C=O) groups is 1. The molecule has 1 aromatic rings. The first-order valence-electron chi connectivity index (χ1n) is 9.26. The number of nitrogens with one attached hydrogen (secondary N) is 1. The smallest absolute Gasteiger partial charge is 0.340 e. The van der Waals surface area contributed by atoms with Crippen LogP contribution in [0.25, 0.3) is 0 Å². The molecule has 0 radical (unpaired) electrons. The Morgan fingerprint density at radius 2 is 1.83 bits per heavy atom. The molecular formula is C18H25ClF3N3O3S. The Bertz CT molecular complexity index is 823. The van der Waals surface area contributed by atoms with Gasteiger partial charge in [-0.1, -0.05) is 25.4 Å². The zero-order valence-electron chi connectivity index (χ0n) is 16.3. The minimum absolute atomic E-state index is 0.0663. The first-order chi connectivity index (χ1) is 13.4. The van der Waals surface area contributed by atoms with E-state index in [2.05, 4.69) is 23.5 Å². The van der Waals surface area contributed by atoms with Crippen LogP contribution in [0, 0.1) is 5.92 Å². The topological polar surface area (TPSA) is 69.7 Å². The van der Waals surface area contributed by atoms with Crippen LogP contribution < -0.4 is 4.72 Å². The van der Waals surface area contributed by atoms with Crippen molar-refractivity contribution < 1.29 is 26.4 Å². The highest BCUT2D eigenvalue weighted by molar-refractivity contribution is 7.89. The van der Waals surface area contributed by atoms with Gasteiger partial charge >= 0.3 is 6.18 Å². The minimum Gasteiger partial charge on any atom is -0.340 e. The molecule has 1 N–H and O–H groups in total. The summed E-state index contributed by atoms with van der Waals surface area (Å²) in [5, 5.41) is -0.580. The van der Waals surface area contributed by atoms with E-state index in [1.165, 1.54) is 0 Å². The second-order valence-electron chi connectivity index (χ2n) is 7.36. The highest BCUT2D eigenvalue weighted by Gasteiger charge is 2.34. The van der Waals surface area contributed by atoms with Gasteiger partial charge in [-0.15, -0.1) is 0 Å². The van der Waals surface area contributed by atoms with Crippen LogP contribution in [0.1, 0.15) is 25.8 Å². The van der Waals surface area contributed by atoms with E-state index in [-0.39, 0.29) is 18.9 Å². The van der Waals surface area contributed by atoms with Crippen LogP contribution in [0.15, 0.2) is 23.1 Å². The summed E-state index contributed by atoms with van der Waals surface area (Å²) in [7, 11) is -4.20. The average molecular weight is 456 g/mol. The Kier molecular flexibility index (Phi) is 7.94. The van der Waals surface area contributed by atoms with Crippen molar-refractivity contribution in [3.63, 3.8) is 0 Å². The van der Waals surface area contributed by atoms with Crippen LogP contribution in [0.3, 0.4) is 0 Å². The zero-order valence-corrected chi connectivity index (χ0v) is 17.9. The molecular weight excluding hydrogens is 431 g/mol. The van der Waals surface area contributed by atoms with Crippen LogP contribution >= 0.6 is 11.6 Å². The molecule has 1 aliphatic rings. The molecule has 0 spiro atoms. The fraction of sp³-hybridized carbons (Fsp3) is 0.611. The molecule has 2 rings (SSSR count). The summed E-state index contributed by atoms with van der Waals surface area (Å²) in [6.07, 6.45) is -4.83. The average Bonchev–Trinajstić information content (AvgIpc) is 2.60. The van der Waals surface area contributed by atoms with E-state index in [1.807, 2.05) is 0 Å². The molecule has 0 bridgehead atoms. The summed E-state index contributed by atoms with van der Waals surface area (Å²) in [5.74, 6) is 0.348. The van der Waals surface area contributed by atoms with Crippen molar-refractivity contribution in [2.24, 2.45) is 5.92 Å². The van der Waals surface area contributed by atoms with Crippen molar-refractivity contribution >= 4 is 27.5 Å². The van der Waals surface area contributed by atoms with Crippen LogP contribution in [-0.4, -0.2) is 63.4 Å². The molecule has 1 fully saturated rings. The minimum atomic E-state index is -4.77. The molecule has 0 aromatic heterocycles. The van der Waals surface area contributed by atoms with Gasteiger partial charge in [-0.3, -0.25) is 9.69 Å². The van der Waals surface area contributed by atoms with Gasteiger partial charge in [-0.2, -0.15) is 13.2 Å². The lowest BCUT2D eigenvalue weighted by atomic mass is 10.2. The van der Waals surface area contributed by atoms with Crippen LogP contribution in [0.4, 0.5) is 13.2 Å². The van der Waals surface area contributed by atoms with Crippen molar-refractivity contribution in [2.75, 3.05) is 39.3 Å². The lowest BCUT2D eigenvalue weighted by Crippen LogP contribution is -2.49. The summed E-state index contributed by atoms with van der Waals surface area (Å²) in [4.78, 5) is 15.7. The predicted molar refractivity (Wildman–Crippen MR) is 104 cm³/mol. The third kappa shape index (κ3) is 6.84. The number of sulfonamides is 1. The van der Waals surface area contributed by atoms with Gasteiger partial charge in [0.15, 0.2) is 0 Å². The molecule has 11 heteroatoms. The van der Waals surface area contributed by atoms with Crippen molar-refractivity contribution in [2.45, 2.75) is 31.3 Å². The Labute approximate surface area is 174 Å². The van der Waals surface area contributed by atoms with E-state index < -0.39 is 31.7 Å². The molecule has 1 saturated heterocycles. The Morgan fingerprint density at radius 3 is 2.38 bits per heavy atom. The first-order valence-corrected chi connectivity index (χ1v) is 11.1. The summed E-state index contributed by atoms with van der Waals surface area (Å²) in [5.41, 5.74) is -1.22. The Morgan fingerprint density at radius 1 is 1.21 bits per heavy atom. The lowest BCUT2D eigenvalue weighted by Gasteiger charge is -2.35. The fourth-order valence-electron chi connectivity index (χ4n) is 3.12. The van der Waals surface area contributed by atoms with Crippen molar-refractivity contribution in [3.05, 3.63) is 28.8 Å². The summed E-state index contributed by atoms with van der Waals surface area (Å²) in [6, 6.07) is 2.37. The molecule has 6 nitrogen and oxygen atoms in total. The zero-order chi connectivity index (χ0) is 21.8. The number of nitrogens with zero attached hydrogens (tertiary/aromatic N) is 2. The van der Waals surface area contributed by atoms with E-state index in [1.54, 1.807) is 4.90 Å². The molecule has 1 amide bonds. The second-order valence-corrected chi connectivity index (χ2v) is 9.54. The van der Waals surface area contributed by atoms with E-state index in [4.69, 9.17) is 11.6 Å². The van der Waals surface area contributed by atoms with E-state index in [9.17, 15) is 26.4 Å². The maximum Gasteiger partial charge on any atom is 0.417 e. The second kappa shape index (κ2) is 9.63. The summed E-state index contributed by atoms with van der Waals surface area (Å²) >= 11 is 5.51. The monoisotopic (exact) mass is 455 g/mol. The van der Waals surface area contributed by atoms with Gasteiger partial charge in [0.1, 0.15) is 0 Å². The summed E-state index contributed by atoms with van der Waals surface area (Å²) < 4.78 is 65.5. The molecule has 164 valence electrons.